The Morgan fingerprint density at radius 1 is 1.06 bits per heavy atom. The van der Waals surface area contributed by atoms with Gasteiger partial charge in [0.25, 0.3) is 0 Å². The Labute approximate surface area is 116 Å². The highest BCUT2D eigenvalue weighted by Crippen LogP contribution is 2.26. The fraction of sp³-hybridized carbons (Fsp3) is 0.200. The molecule has 0 spiro atoms. The monoisotopic (exact) mass is 305 g/mol. The van der Waals surface area contributed by atoms with Crippen LogP contribution in [0.4, 0.5) is 0 Å². The number of nitrogens with two attached hydrogens (primary N) is 1. The SMILES string of the molecule is Cc1cc(Oc2ccc(CCN)cc2)ccc1Br. The van der Waals surface area contributed by atoms with Crippen molar-refractivity contribution in [3.63, 3.8) is 0 Å². The standard InChI is InChI=1S/C15H16BrNO/c1-11-10-14(6-7-15(11)16)18-13-4-2-12(3-5-13)8-9-17/h2-7,10H,8-9,17H2,1H3. The fourth-order valence-electron chi connectivity index (χ4n) is 1.71. The van der Waals surface area contributed by atoms with Crippen LogP contribution < -0.4 is 10.5 Å². The van der Waals surface area contributed by atoms with Crippen molar-refractivity contribution in [3.05, 3.63) is 58.1 Å². The lowest BCUT2D eigenvalue weighted by Gasteiger charge is -2.08. The summed E-state index contributed by atoms with van der Waals surface area (Å²) < 4.78 is 6.89. The lowest BCUT2D eigenvalue weighted by molar-refractivity contribution is 0.482. The summed E-state index contributed by atoms with van der Waals surface area (Å²) in [4.78, 5) is 0. The minimum absolute atomic E-state index is 0.673. The van der Waals surface area contributed by atoms with Gasteiger partial charge in [0, 0.05) is 4.47 Å². The number of hydrogen-bond acceptors (Lipinski definition) is 2. The van der Waals surface area contributed by atoms with Gasteiger partial charge in [0.05, 0.1) is 0 Å². The molecule has 0 unspecified atom stereocenters. The summed E-state index contributed by atoms with van der Waals surface area (Å²) in [6.45, 7) is 2.72. The summed E-state index contributed by atoms with van der Waals surface area (Å²) >= 11 is 3.47. The van der Waals surface area contributed by atoms with Crippen LogP contribution in [-0.2, 0) is 6.42 Å². The van der Waals surface area contributed by atoms with Crippen molar-refractivity contribution < 1.29 is 4.74 Å². The van der Waals surface area contributed by atoms with Crippen LogP contribution in [0.5, 0.6) is 11.5 Å². The molecule has 0 saturated carbocycles. The molecule has 0 amide bonds. The van der Waals surface area contributed by atoms with Crippen LogP contribution in [0.15, 0.2) is 46.9 Å². The predicted octanol–water partition coefficient (Wildman–Crippen LogP) is 4.05. The molecule has 2 N–H and O–H groups in total. The maximum Gasteiger partial charge on any atom is 0.127 e. The summed E-state index contributed by atoms with van der Waals surface area (Å²) in [6.07, 6.45) is 0.900. The van der Waals surface area contributed by atoms with E-state index < -0.39 is 0 Å². The van der Waals surface area contributed by atoms with Gasteiger partial charge in [-0.1, -0.05) is 28.1 Å². The Hall–Kier alpha value is -1.32. The second-order valence-electron chi connectivity index (χ2n) is 4.20. The molecule has 3 heteroatoms. The average Bonchev–Trinajstić information content (AvgIpc) is 2.37. The average molecular weight is 306 g/mol. The van der Waals surface area contributed by atoms with E-state index in [4.69, 9.17) is 10.5 Å². The molecule has 0 bridgehead atoms. The van der Waals surface area contributed by atoms with Gasteiger partial charge in [0.15, 0.2) is 0 Å². The van der Waals surface area contributed by atoms with E-state index in [2.05, 4.69) is 15.9 Å². The van der Waals surface area contributed by atoms with E-state index in [1.165, 1.54) is 5.56 Å². The molecular weight excluding hydrogens is 290 g/mol. The number of hydrogen-bond donors (Lipinski definition) is 1. The predicted molar refractivity (Wildman–Crippen MR) is 78.2 cm³/mol. The number of ether oxygens (including phenoxy) is 1. The molecular formula is C15H16BrNO. The summed E-state index contributed by atoms with van der Waals surface area (Å²) in [6, 6.07) is 14.0. The van der Waals surface area contributed by atoms with Crippen molar-refractivity contribution in [2.75, 3.05) is 6.54 Å². The summed E-state index contributed by atoms with van der Waals surface area (Å²) in [5.41, 5.74) is 7.91. The highest BCUT2D eigenvalue weighted by atomic mass is 79.9. The minimum atomic E-state index is 0.673. The second kappa shape index (κ2) is 6.03. The molecule has 0 radical (unpaired) electrons. The Bertz CT molecular complexity index is 523. The minimum Gasteiger partial charge on any atom is -0.457 e. The highest BCUT2D eigenvalue weighted by molar-refractivity contribution is 9.10. The summed E-state index contributed by atoms with van der Waals surface area (Å²) in [5.74, 6) is 1.69. The Morgan fingerprint density at radius 2 is 1.72 bits per heavy atom. The third-order valence-electron chi connectivity index (χ3n) is 2.72. The van der Waals surface area contributed by atoms with E-state index in [9.17, 15) is 0 Å². The molecule has 2 rings (SSSR count). The smallest absolute Gasteiger partial charge is 0.127 e. The molecule has 94 valence electrons. The van der Waals surface area contributed by atoms with E-state index in [0.717, 1.165) is 28.0 Å². The van der Waals surface area contributed by atoms with Gasteiger partial charge in [-0.15, -0.1) is 0 Å². The zero-order valence-electron chi connectivity index (χ0n) is 10.3. The zero-order valence-corrected chi connectivity index (χ0v) is 11.9. The van der Waals surface area contributed by atoms with Crippen molar-refractivity contribution in [2.24, 2.45) is 5.73 Å². The molecule has 0 aliphatic rings. The van der Waals surface area contributed by atoms with E-state index >= 15 is 0 Å². The molecule has 0 aliphatic heterocycles. The van der Waals surface area contributed by atoms with Gasteiger partial charge in [-0.25, -0.2) is 0 Å². The molecule has 2 aromatic rings. The van der Waals surface area contributed by atoms with Crippen molar-refractivity contribution in [3.8, 4) is 11.5 Å². The van der Waals surface area contributed by atoms with Gasteiger partial charge < -0.3 is 10.5 Å². The first kappa shape index (κ1) is 13.1. The van der Waals surface area contributed by atoms with Gasteiger partial charge in [0.1, 0.15) is 11.5 Å². The van der Waals surface area contributed by atoms with Crippen LogP contribution in [0.25, 0.3) is 0 Å². The molecule has 0 aliphatic carbocycles. The number of aryl methyl sites for hydroxylation is 1. The lowest BCUT2D eigenvalue weighted by atomic mass is 10.1. The van der Waals surface area contributed by atoms with Crippen molar-refractivity contribution >= 4 is 15.9 Å². The normalized spacial score (nSPS) is 10.4. The van der Waals surface area contributed by atoms with Crippen molar-refractivity contribution in [2.45, 2.75) is 13.3 Å². The van der Waals surface area contributed by atoms with Crippen LogP contribution in [0.1, 0.15) is 11.1 Å². The van der Waals surface area contributed by atoms with Crippen LogP contribution in [0.2, 0.25) is 0 Å². The Morgan fingerprint density at radius 3 is 2.33 bits per heavy atom. The molecule has 2 aromatic carbocycles. The zero-order chi connectivity index (χ0) is 13.0. The van der Waals surface area contributed by atoms with Gasteiger partial charge in [-0.05, 0) is 61.3 Å². The maximum atomic E-state index is 5.80. The van der Waals surface area contributed by atoms with Crippen molar-refractivity contribution in [1.29, 1.82) is 0 Å². The fourth-order valence-corrected chi connectivity index (χ4v) is 1.95. The van der Waals surface area contributed by atoms with Crippen LogP contribution in [0.3, 0.4) is 0 Å². The van der Waals surface area contributed by atoms with Gasteiger partial charge in [-0.3, -0.25) is 0 Å². The third kappa shape index (κ3) is 3.34. The summed E-state index contributed by atoms with van der Waals surface area (Å²) in [5, 5.41) is 0. The Balaban J connectivity index is 2.10. The first-order chi connectivity index (χ1) is 8.69. The van der Waals surface area contributed by atoms with Crippen molar-refractivity contribution in [1.82, 2.24) is 0 Å². The topological polar surface area (TPSA) is 35.2 Å². The quantitative estimate of drug-likeness (QED) is 0.925. The third-order valence-corrected chi connectivity index (χ3v) is 3.61. The molecule has 2 nitrogen and oxygen atoms in total. The first-order valence-electron chi connectivity index (χ1n) is 5.92. The van der Waals surface area contributed by atoms with E-state index in [1.54, 1.807) is 0 Å². The maximum absolute atomic E-state index is 5.80. The number of rotatable bonds is 4. The van der Waals surface area contributed by atoms with Gasteiger partial charge in [0.2, 0.25) is 0 Å². The lowest BCUT2D eigenvalue weighted by Crippen LogP contribution is -2.02. The van der Waals surface area contributed by atoms with E-state index in [-0.39, 0.29) is 0 Å². The molecule has 0 heterocycles. The largest absolute Gasteiger partial charge is 0.457 e. The highest BCUT2D eigenvalue weighted by Gasteiger charge is 2.00. The van der Waals surface area contributed by atoms with Gasteiger partial charge in [-0.2, -0.15) is 0 Å². The van der Waals surface area contributed by atoms with E-state index in [1.807, 2.05) is 49.4 Å². The van der Waals surface area contributed by atoms with Gasteiger partial charge >= 0.3 is 0 Å². The summed E-state index contributed by atoms with van der Waals surface area (Å²) in [7, 11) is 0. The molecule has 0 aromatic heterocycles. The number of halogens is 1. The van der Waals surface area contributed by atoms with E-state index in [0.29, 0.717) is 6.54 Å². The second-order valence-corrected chi connectivity index (χ2v) is 5.05. The van der Waals surface area contributed by atoms with Crippen LogP contribution in [0, 0.1) is 6.92 Å². The molecule has 0 atom stereocenters. The molecule has 0 saturated heterocycles. The molecule has 18 heavy (non-hydrogen) atoms. The Kier molecular flexibility index (Phi) is 4.39. The van der Waals surface area contributed by atoms with Crippen LogP contribution >= 0.6 is 15.9 Å². The molecule has 0 fully saturated rings. The van der Waals surface area contributed by atoms with Crippen LogP contribution in [-0.4, -0.2) is 6.54 Å². The number of benzene rings is 2. The first-order valence-corrected chi connectivity index (χ1v) is 6.71.